The molecule has 4 heteroatoms. The molecule has 1 N–H and O–H groups in total. The molecule has 0 amide bonds. The third-order valence-electron chi connectivity index (χ3n) is 3.19. The molecule has 1 aromatic carbocycles. The number of nitrogens with zero attached hydrogens (tertiary/aromatic N) is 1. The second kappa shape index (κ2) is 6.57. The summed E-state index contributed by atoms with van der Waals surface area (Å²) in [6, 6.07) is 8.39. The molecule has 108 valence electrons. The SMILES string of the molecule is CCNC(C)c1cc(C)ccc1OCc1cc(C)on1. The zero-order valence-electron chi connectivity index (χ0n) is 12.6. The average molecular weight is 274 g/mol. The monoisotopic (exact) mass is 274 g/mol. The highest BCUT2D eigenvalue weighted by Gasteiger charge is 2.12. The molecule has 4 nitrogen and oxygen atoms in total. The molecule has 20 heavy (non-hydrogen) atoms. The largest absolute Gasteiger partial charge is 0.487 e. The number of hydrogen-bond donors (Lipinski definition) is 1. The van der Waals surface area contributed by atoms with Gasteiger partial charge in [-0.3, -0.25) is 0 Å². The van der Waals surface area contributed by atoms with Crippen LogP contribution in [0.5, 0.6) is 5.75 Å². The molecule has 0 aliphatic rings. The van der Waals surface area contributed by atoms with Crippen LogP contribution in [0, 0.1) is 13.8 Å². The van der Waals surface area contributed by atoms with Crippen LogP contribution < -0.4 is 10.1 Å². The van der Waals surface area contributed by atoms with E-state index in [0.29, 0.717) is 6.61 Å². The van der Waals surface area contributed by atoms with Gasteiger partial charge in [0.1, 0.15) is 23.8 Å². The van der Waals surface area contributed by atoms with E-state index in [9.17, 15) is 0 Å². The molecule has 0 saturated heterocycles. The highest BCUT2D eigenvalue weighted by Crippen LogP contribution is 2.27. The van der Waals surface area contributed by atoms with Gasteiger partial charge in [0.25, 0.3) is 0 Å². The van der Waals surface area contributed by atoms with Crippen LogP contribution in [0.4, 0.5) is 0 Å². The molecule has 0 aliphatic carbocycles. The molecule has 1 atom stereocenters. The Bertz CT molecular complexity index is 563. The van der Waals surface area contributed by atoms with Crippen molar-refractivity contribution in [2.45, 2.75) is 40.3 Å². The first-order valence-electron chi connectivity index (χ1n) is 6.99. The van der Waals surface area contributed by atoms with E-state index in [0.717, 1.165) is 23.7 Å². The lowest BCUT2D eigenvalue weighted by molar-refractivity contribution is 0.283. The Hall–Kier alpha value is -1.81. The van der Waals surface area contributed by atoms with E-state index in [1.54, 1.807) is 0 Å². The minimum atomic E-state index is 0.258. The van der Waals surface area contributed by atoms with E-state index in [4.69, 9.17) is 9.26 Å². The second-order valence-electron chi connectivity index (χ2n) is 5.04. The molecule has 0 radical (unpaired) electrons. The molecule has 0 aliphatic heterocycles. The van der Waals surface area contributed by atoms with Crippen molar-refractivity contribution < 1.29 is 9.26 Å². The Morgan fingerprint density at radius 3 is 2.75 bits per heavy atom. The molecule has 0 fully saturated rings. The van der Waals surface area contributed by atoms with Gasteiger partial charge in [-0.1, -0.05) is 29.8 Å². The molecule has 0 saturated carbocycles. The van der Waals surface area contributed by atoms with Gasteiger partial charge in [0.2, 0.25) is 0 Å². The fourth-order valence-corrected chi connectivity index (χ4v) is 2.19. The first kappa shape index (κ1) is 14.6. The molecule has 1 aromatic heterocycles. The lowest BCUT2D eigenvalue weighted by Crippen LogP contribution is -2.18. The average Bonchev–Trinajstić information content (AvgIpc) is 2.83. The van der Waals surface area contributed by atoms with Crippen molar-refractivity contribution in [3.63, 3.8) is 0 Å². The highest BCUT2D eigenvalue weighted by atomic mass is 16.5. The maximum absolute atomic E-state index is 5.90. The summed E-state index contributed by atoms with van der Waals surface area (Å²) in [5, 5.41) is 7.36. The Morgan fingerprint density at radius 1 is 1.30 bits per heavy atom. The minimum absolute atomic E-state index is 0.258. The number of hydrogen-bond acceptors (Lipinski definition) is 4. The standard InChI is InChI=1S/C16H22N2O2/c1-5-17-13(4)15-8-11(2)6-7-16(15)19-10-14-9-12(3)20-18-14/h6-9,13,17H,5,10H2,1-4H3. The predicted molar refractivity (Wildman–Crippen MR) is 78.8 cm³/mol. The number of benzene rings is 1. The van der Waals surface area contributed by atoms with Crippen LogP contribution in [-0.4, -0.2) is 11.7 Å². The number of aromatic nitrogens is 1. The van der Waals surface area contributed by atoms with Crippen LogP contribution in [-0.2, 0) is 6.61 Å². The summed E-state index contributed by atoms with van der Waals surface area (Å²) in [5.74, 6) is 1.69. The van der Waals surface area contributed by atoms with Crippen molar-refractivity contribution in [2.75, 3.05) is 6.54 Å². The van der Waals surface area contributed by atoms with Crippen LogP contribution in [0.1, 0.15) is 42.5 Å². The third kappa shape index (κ3) is 3.61. The van der Waals surface area contributed by atoms with Crippen molar-refractivity contribution >= 4 is 0 Å². The molecular weight excluding hydrogens is 252 g/mol. The van der Waals surface area contributed by atoms with Gasteiger partial charge in [-0.15, -0.1) is 0 Å². The van der Waals surface area contributed by atoms with E-state index >= 15 is 0 Å². The maximum atomic E-state index is 5.90. The van der Waals surface area contributed by atoms with Crippen LogP contribution in [0.2, 0.25) is 0 Å². The fourth-order valence-electron chi connectivity index (χ4n) is 2.19. The zero-order valence-corrected chi connectivity index (χ0v) is 12.6. The maximum Gasteiger partial charge on any atom is 0.134 e. The predicted octanol–water partition coefficient (Wildman–Crippen LogP) is 3.54. The summed E-state index contributed by atoms with van der Waals surface area (Å²) in [6.45, 7) is 9.56. The summed E-state index contributed by atoms with van der Waals surface area (Å²) >= 11 is 0. The molecule has 2 aromatic rings. The van der Waals surface area contributed by atoms with Gasteiger partial charge in [0.15, 0.2) is 0 Å². The second-order valence-corrected chi connectivity index (χ2v) is 5.04. The van der Waals surface area contributed by atoms with Crippen LogP contribution in [0.15, 0.2) is 28.8 Å². The third-order valence-corrected chi connectivity index (χ3v) is 3.19. The summed E-state index contributed by atoms with van der Waals surface area (Å²) < 4.78 is 10.9. The van der Waals surface area contributed by atoms with Gasteiger partial charge in [0.05, 0.1) is 0 Å². The van der Waals surface area contributed by atoms with E-state index in [-0.39, 0.29) is 6.04 Å². The molecule has 0 spiro atoms. The van der Waals surface area contributed by atoms with Crippen molar-refractivity contribution in [3.05, 3.63) is 46.8 Å². The minimum Gasteiger partial charge on any atom is -0.487 e. The summed E-state index contributed by atoms with van der Waals surface area (Å²) in [7, 11) is 0. The van der Waals surface area contributed by atoms with E-state index in [1.807, 2.05) is 19.1 Å². The molecule has 0 bridgehead atoms. The number of ether oxygens (including phenoxy) is 1. The molecular formula is C16H22N2O2. The first-order valence-corrected chi connectivity index (χ1v) is 6.99. The highest BCUT2D eigenvalue weighted by molar-refractivity contribution is 5.39. The molecule has 1 heterocycles. The lowest BCUT2D eigenvalue weighted by Gasteiger charge is -2.18. The topological polar surface area (TPSA) is 47.3 Å². The summed E-state index contributed by atoms with van der Waals surface area (Å²) in [4.78, 5) is 0. The van der Waals surface area contributed by atoms with Crippen LogP contribution in [0.25, 0.3) is 0 Å². The lowest BCUT2D eigenvalue weighted by atomic mass is 10.0. The van der Waals surface area contributed by atoms with Gasteiger partial charge in [-0.2, -0.15) is 0 Å². The van der Waals surface area contributed by atoms with E-state index in [2.05, 4.69) is 43.4 Å². The fraction of sp³-hybridized carbons (Fsp3) is 0.438. The molecule has 1 unspecified atom stereocenters. The Morgan fingerprint density at radius 2 is 2.10 bits per heavy atom. The molecule has 2 rings (SSSR count). The Balaban J connectivity index is 2.13. The smallest absolute Gasteiger partial charge is 0.134 e. The number of aryl methyl sites for hydroxylation is 2. The van der Waals surface area contributed by atoms with E-state index in [1.165, 1.54) is 11.1 Å². The van der Waals surface area contributed by atoms with Crippen LogP contribution in [0.3, 0.4) is 0 Å². The quantitative estimate of drug-likeness (QED) is 0.875. The van der Waals surface area contributed by atoms with Crippen molar-refractivity contribution in [3.8, 4) is 5.75 Å². The zero-order chi connectivity index (χ0) is 14.5. The number of rotatable bonds is 6. The van der Waals surface area contributed by atoms with Crippen molar-refractivity contribution in [2.24, 2.45) is 0 Å². The van der Waals surface area contributed by atoms with Crippen LogP contribution >= 0.6 is 0 Å². The van der Waals surface area contributed by atoms with E-state index < -0.39 is 0 Å². The number of nitrogens with one attached hydrogen (secondary N) is 1. The van der Waals surface area contributed by atoms with Gasteiger partial charge >= 0.3 is 0 Å². The first-order chi connectivity index (χ1) is 9.60. The summed E-state index contributed by atoms with van der Waals surface area (Å²) in [5.41, 5.74) is 3.21. The normalized spacial score (nSPS) is 12.4. The van der Waals surface area contributed by atoms with Gasteiger partial charge < -0.3 is 14.6 Å². The summed E-state index contributed by atoms with van der Waals surface area (Å²) in [6.07, 6.45) is 0. The van der Waals surface area contributed by atoms with Gasteiger partial charge in [0, 0.05) is 17.7 Å². The Kier molecular flexibility index (Phi) is 4.79. The van der Waals surface area contributed by atoms with Gasteiger partial charge in [-0.05, 0) is 33.4 Å². The van der Waals surface area contributed by atoms with Gasteiger partial charge in [-0.25, -0.2) is 0 Å². The van der Waals surface area contributed by atoms with Crippen molar-refractivity contribution in [1.82, 2.24) is 10.5 Å². The van der Waals surface area contributed by atoms with Crippen molar-refractivity contribution in [1.29, 1.82) is 0 Å². The Labute approximate surface area is 120 Å².